The number of amides is 3. The molecule has 1 aromatic rings. The molecule has 1 heterocycles. The van der Waals surface area contributed by atoms with Crippen molar-refractivity contribution >= 4 is 33.6 Å². The molecule has 0 saturated carbocycles. The molecule has 8 nitrogen and oxygen atoms in total. The molecule has 2 rings (SSSR count). The number of hydrogen-bond acceptors (Lipinski definition) is 4. The van der Waals surface area contributed by atoms with E-state index < -0.39 is 16.1 Å². The minimum atomic E-state index is -3.60. The summed E-state index contributed by atoms with van der Waals surface area (Å²) >= 11 is 5.89. The Morgan fingerprint density at radius 2 is 1.96 bits per heavy atom. The maximum Gasteiger partial charge on any atom is 0.321 e. The third-order valence-corrected chi connectivity index (χ3v) is 6.65. The van der Waals surface area contributed by atoms with Crippen molar-refractivity contribution in [3.05, 3.63) is 29.3 Å². The van der Waals surface area contributed by atoms with Crippen molar-refractivity contribution in [3.8, 4) is 0 Å². The van der Waals surface area contributed by atoms with E-state index in [-0.39, 0.29) is 23.4 Å². The van der Waals surface area contributed by atoms with Crippen LogP contribution in [-0.4, -0.2) is 63.4 Å². The second kappa shape index (κ2) is 9.50. The van der Waals surface area contributed by atoms with Gasteiger partial charge in [-0.1, -0.05) is 24.6 Å². The third-order valence-electron chi connectivity index (χ3n) is 4.52. The number of nitrogens with zero attached hydrogens (tertiary/aromatic N) is 1. The molecule has 0 unspecified atom stereocenters. The van der Waals surface area contributed by atoms with Crippen LogP contribution in [0, 0.1) is 0 Å². The molecule has 3 amide bonds. The first-order valence-corrected chi connectivity index (χ1v) is 10.7. The van der Waals surface area contributed by atoms with Crippen molar-refractivity contribution in [1.29, 1.82) is 0 Å². The van der Waals surface area contributed by atoms with Gasteiger partial charge in [0.1, 0.15) is 0 Å². The first-order valence-electron chi connectivity index (χ1n) is 8.92. The summed E-state index contributed by atoms with van der Waals surface area (Å²) in [5, 5.41) is 5.35. The Bertz CT molecular complexity index is 779. The van der Waals surface area contributed by atoms with Crippen molar-refractivity contribution in [1.82, 2.24) is 14.9 Å². The molecular formula is C17H26ClN4O4S+. The van der Waals surface area contributed by atoms with E-state index >= 15 is 0 Å². The highest BCUT2D eigenvalue weighted by molar-refractivity contribution is 7.89. The molecule has 1 fully saturated rings. The Balaban J connectivity index is 1.84. The van der Waals surface area contributed by atoms with Gasteiger partial charge >= 0.3 is 6.03 Å². The predicted octanol–water partition coefficient (Wildman–Crippen LogP) is -0.146. The second-order valence-corrected chi connectivity index (χ2v) is 8.99. The molecule has 1 saturated heterocycles. The van der Waals surface area contributed by atoms with Crippen LogP contribution in [-0.2, 0) is 14.8 Å². The van der Waals surface area contributed by atoms with Crippen LogP contribution in [0.2, 0.25) is 5.02 Å². The fourth-order valence-electron chi connectivity index (χ4n) is 2.76. The minimum Gasteiger partial charge on any atom is -0.335 e. The van der Waals surface area contributed by atoms with Crippen molar-refractivity contribution in [2.24, 2.45) is 0 Å². The summed E-state index contributed by atoms with van der Waals surface area (Å²) in [6.45, 7) is 5.50. The van der Waals surface area contributed by atoms with Crippen LogP contribution in [0.3, 0.4) is 0 Å². The van der Waals surface area contributed by atoms with Crippen LogP contribution < -0.4 is 15.5 Å². The molecule has 150 valence electrons. The highest BCUT2D eigenvalue weighted by atomic mass is 35.5. The largest absolute Gasteiger partial charge is 0.335 e. The van der Waals surface area contributed by atoms with E-state index in [1.165, 1.54) is 16.4 Å². The van der Waals surface area contributed by atoms with Gasteiger partial charge in [0.25, 0.3) is 5.91 Å². The van der Waals surface area contributed by atoms with Crippen LogP contribution in [0.25, 0.3) is 0 Å². The average Bonchev–Trinajstić information content (AvgIpc) is 2.61. The number of carbonyl (C=O) groups excluding carboxylic acids is 2. The molecule has 0 aliphatic carbocycles. The number of halogens is 1. The van der Waals surface area contributed by atoms with Gasteiger partial charge in [0, 0.05) is 11.1 Å². The lowest BCUT2D eigenvalue weighted by atomic mass is 10.3. The van der Waals surface area contributed by atoms with Crippen LogP contribution >= 0.6 is 11.6 Å². The van der Waals surface area contributed by atoms with Crippen LogP contribution in [0.4, 0.5) is 4.79 Å². The van der Waals surface area contributed by atoms with Crippen LogP contribution in [0.15, 0.2) is 29.2 Å². The third kappa shape index (κ3) is 6.17. The van der Waals surface area contributed by atoms with Gasteiger partial charge in [0.05, 0.1) is 31.1 Å². The zero-order valence-electron chi connectivity index (χ0n) is 15.5. The van der Waals surface area contributed by atoms with E-state index in [1.807, 2.05) is 13.8 Å². The highest BCUT2D eigenvalue weighted by Crippen LogP contribution is 2.19. The number of imide groups is 1. The summed E-state index contributed by atoms with van der Waals surface area (Å²) in [5.41, 5.74) is 0. The fraction of sp³-hybridized carbons (Fsp3) is 0.529. The molecule has 1 atom stereocenters. The number of benzene rings is 1. The van der Waals surface area contributed by atoms with Gasteiger partial charge < -0.3 is 10.2 Å². The lowest BCUT2D eigenvalue weighted by Crippen LogP contribution is -3.15. The molecule has 0 aromatic heterocycles. The van der Waals surface area contributed by atoms with Crippen molar-refractivity contribution in [2.45, 2.75) is 31.2 Å². The van der Waals surface area contributed by atoms with E-state index in [2.05, 4.69) is 10.6 Å². The van der Waals surface area contributed by atoms with E-state index in [0.717, 1.165) is 11.3 Å². The average molecular weight is 418 g/mol. The molecule has 10 heteroatoms. The molecular weight excluding hydrogens is 392 g/mol. The zero-order chi connectivity index (χ0) is 20.0. The molecule has 1 aliphatic rings. The van der Waals surface area contributed by atoms with Gasteiger partial charge in [0.2, 0.25) is 10.0 Å². The molecule has 0 radical (unpaired) electrons. The SMILES string of the molecule is CC[C@@H](C)NC(=O)NC(=O)C[NH+]1CCN(S(=O)(=O)c2cccc(Cl)c2)CC1. The summed E-state index contributed by atoms with van der Waals surface area (Å²) in [6.07, 6.45) is 0.774. The summed E-state index contributed by atoms with van der Waals surface area (Å²) in [7, 11) is -3.60. The van der Waals surface area contributed by atoms with Crippen molar-refractivity contribution in [3.63, 3.8) is 0 Å². The fourth-order valence-corrected chi connectivity index (χ4v) is 4.50. The molecule has 0 spiro atoms. The smallest absolute Gasteiger partial charge is 0.321 e. The van der Waals surface area contributed by atoms with Gasteiger partial charge in [-0.2, -0.15) is 4.31 Å². The molecule has 1 aliphatic heterocycles. The Hall–Kier alpha value is -1.68. The van der Waals surface area contributed by atoms with Gasteiger partial charge in [-0.05, 0) is 31.5 Å². The van der Waals surface area contributed by atoms with Crippen molar-refractivity contribution < 1.29 is 22.9 Å². The molecule has 3 N–H and O–H groups in total. The normalized spacial score (nSPS) is 17.3. The highest BCUT2D eigenvalue weighted by Gasteiger charge is 2.31. The first kappa shape index (κ1) is 21.6. The number of rotatable bonds is 6. The van der Waals surface area contributed by atoms with Gasteiger partial charge in [-0.3, -0.25) is 10.1 Å². The monoisotopic (exact) mass is 417 g/mol. The van der Waals surface area contributed by atoms with Crippen LogP contribution in [0.1, 0.15) is 20.3 Å². The number of carbonyl (C=O) groups is 2. The Kier molecular flexibility index (Phi) is 7.60. The Morgan fingerprint density at radius 3 is 2.56 bits per heavy atom. The number of quaternary nitrogens is 1. The summed E-state index contributed by atoms with van der Waals surface area (Å²) in [5.74, 6) is -0.378. The maximum absolute atomic E-state index is 12.7. The van der Waals surface area contributed by atoms with Gasteiger partial charge in [-0.15, -0.1) is 0 Å². The van der Waals surface area contributed by atoms with Crippen molar-refractivity contribution in [2.75, 3.05) is 32.7 Å². The quantitative estimate of drug-likeness (QED) is 0.599. The lowest BCUT2D eigenvalue weighted by molar-refractivity contribution is -0.895. The number of sulfonamides is 1. The maximum atomic E-state index is 12.7. The Labute approximate surface area is 164 Å². The number of urea groups is 1. The molecule has 1 aromatic carbocycles. The van der Waals surface area contributed by atoms with E-state index in [0.29, 0.717) is 31.2 Å². The van der Waals surface area contributed by atoms with E-state index in [9.17, 15) is 18.0 Å². The topological polar surface area (TPSA) is 100 Å². The first-order chi connectivity index (χ1) is 12.7. The second-order valence-electron chi connectivity index (χ2n) is 6.62. The molecule has 27 heavy (non-hydrogen) atoms. The summed E-state index contributed by atoms with van der Waals surface area (Å²) < 4.78 is 26.7. The van der Waals surface area contributed by atoms with E-state index in [4.69, 9.17) is 11.6 Å². The lowest BCUT2D eigenvalue weighted by Gasteiger charge is -2.31. The van der Waals surface area contributed by atoms with Gasteiger partial charge in [-0.25, -0.2) is 13.2 Å². The standard InChI is InChI=1S/C17H25ClN4O4S/c1-3-13(2)19-17(24)20-16(23)12-21-7-9-22(10-8-21)27(25,26)15-6-4-5-14(18)11-15/h4-6,11,13H,3,7-10,12H2,1-2H3,(H2,19,20,23,24)/p+1/t13-/m1/s1. The Morgan fingerprint density at radius 1 is 1.30 bits per heavy atom. The predicted molar refractivity (Wildman–Crippen MR) is 102 cm³/mol. The number of nitrogens with one attached hydrogen (secondary N) is 3. The van der Waals surface area contributed by atoms with Crippen LogP contribution in [0.5, 0.6) is 0 Å². The summed E-state index contributed by atoms with van der Waals surface area (Å²) in [4.78, 5) is 24.8. The number of hydrogen-bond donors (Lipinski definition) is 3. The van der Waals surface area contributed by atoms with E-state index in [1.54, 1.807) is 12.1 Å². The minimum absolute atomic E-state index is 0.00890. The van der Waals surface area contributed by atoms with Gasteiger partial charge in [0.15, 0.2) is 6.54 Å². The zero-order valence-corrected chi connectivity index (χ0v) is 17.1. The summed E-state index contributed by atoms with van der Waals surface area (Å²) in [6, 6.07) is 5.66. The number of piperazine rings is 1. The molecule has 0 bridgehead atoms.